The lowest BCUT2D eigenvalue weighted by Gasteiger charge is -2.14. The summed E-state index contributed by atoms with van der Waals surface area (Å²) in [6.45, 7) is 0.367. The van der Waals surface area contributed by atoms with Crippen molar-refractivity contribution in [3.63, 3.8) is 0 Å². The fourth-order valence-corrected chi connectivity index (χ4v) is 1.54. The van der Waals surface area contributed by atoms with Crippen LogP contribution in [0.25, 0.3) is 10.4 Å². The Labute approximate surface area is 108 Å². The highest BCUT2D eigenvalue weighted by atomic mass is 35.5. The first kappa shape index (κ1) is 14.1. The number of carboxylic acid groups (broad SMARTS) is 1. The Morgan fingerprint density at radius 3 is 2.89 bits per heavy atom. The average molecular weight is 271 g/mol. The number of aromatic hydroxyl groups is 1. The Hall–Kier alpha value is -1.95. The van der Waals surface area contributed by atoms with E-state index in [1.54, 1.807) is 0 Å². The summed E-state index contributed by atoms with van der Waals surface area (Å²) in [5, 5.41) is 24.4. The van der Waals surface area contributed by atoms with Crippen LogP contribution in [0.15, 0.2) is 23.3 Å². The molecule has 8 heteroatoms. The number of nitrogens with zero attached hydrogens (tertiary/aromatic N) is 3. The molecule has 0 aliphatic rings. The molecule has 0 aliphatic heterocycles. The lowest BCUT2D eigenvalue weighted by atomic mass is 10.1. The molecule has 0 radical (unpaired) electrons. The van der Waals surface area contributed by atoms with Crippen LogP contribution in [-0.2, 0) is 4.79 Å². The highest BCUT2D eigenvalue weighted by Gasteiger charge is 2.19. The molecule has 1 aromatic carbocycles. The molecule has 0 spiro atoms. The second-order valence-electron chi connectivity index (χ2n) is 3.39. The number of aliphatic carboxylic acids is 1. The van der Waals surface area contributed by atoms with Gasteiger partial charge in [0.25, 0.3) is 0 Å². The highest BCUT2D eigenvalue weighted by Crippen LogP contribution is 2.26. The van der Waals surface area contributed by atoms with E-state index in [-0.39, 0.29) is 23.9 Å². The molecule has 1 unspecified atom stereocenters. The van der Waals surface area contributed by atoms with E-state index in [0.29, 0.717) is 5.56 Å². The van der Waals surface area contributed by atoms with Crippen LogP contribution in [0.1, 0.15) is 11.6 Å². The van der Waals surface area contributed by atoms with Crippen LogP contribution in [0.5, 0.6) is 5.75 Å². The molecule has 0 fully saturated rings. The van der Waals surface area contributed by atoms with E-state index in [2.05, 4.69) is 15.3 Å². The summed E-state index contributed by atoms with van der Waals surface area (Å²) in [5.74, 6) is -1.20. The quantitative estimate of drug-likeness (QED) is 0.317. The minimum atomic E-state index is -1.09. The molecule has 96 valence electrons. The molecule has 0 saturated heterocycles. The van der Waals surface area contributed by atoms with Crippen LogP contribution < -0.4 is 5.32 Å². The second-order valence-corrected chi connectivity index (χ2v) is 3.80. The maximum Gasteiger partial charge on any atom is 0.325 e. The van der Waals surface area contributed by atoms with Gasteiger partial charge < -0.3 is 15.5 Å². The first-order chi connectivity index (χ1) is 8.56. The van der Waals surface area contributed by atoms with E-state index in [9.17, 15) is 9.90 Å². The molecular weight excluding hydrogens is 260 g/mol. The van der Waals surface area contributed by atoms with Gasteiger partial charge >= 0.3 is 5.97 Å². The summed E-state index contributed by atoms with van der Waals surface area (Å²) >= 11 is 5.71. The normalized spacial score (nSPS) is 11.6. The monoisotopic (exact) mass is 270 g/mol. The lowest BCUT2D eigenvalue weighted by molar-refractivity contribution is -0.139. The van der Waals surface area contributed by atoms with Crippen molar-refractivity contribution in [1.82, 2.24) is 5.32 Å². The first-order valence-electron chi connectivity index (χ1n) is 5.01. The van der Waals surface area contributed by atoms with Crippen LogP contribution in [0, 0.1) is 0 Å². The molecule has 0 heterocycles. The fourth-order valence-electron chi connectivity index (χ4n) is 1.35. The number of benzene rings is 1. The topological polar surface area (TPSA) is 118 Å². The van der Waals surface area contributed by atoms with Gasteiger partial charge in [-0.2, -0.15) is 0 Å². The van der Waals surface area contributed by atoms with Gasteiger partial charge in [0.2, 0.25) is 0 Å². The van der Waals surface area contributed by atoms with Gasteiger partial charge in [0, 0.05) is 18.0 Å². The molecule has 0 aromatic heterocycles. The highest BCUT2D eigenvalue weighted by molar-refractivity contribution is 6.32. The largest absolute Gasteiger partial charge is 0.506 e. The van der Waals surface area contributed by atoms with Gasteiger partial charge in [0.1, 0.15) is 11.8 Å². The zero-order valence-corrected chi connectivity index (χ0v) is 10.0. The Kier molecular flexibility index (Phi) is 5.26. The number of rotatable bonds is 6. The van der Waals surface area contributed by atoms with Crippen molar-refractivity contribution in [1.29, 1.82) is 0 Å². The number of carboxylic acids is 1. The summed E-state index contributed by atoms with van der Waals surface area (Å²) < 4.78 is 0. The molecule has 0 aliphatic carbocycles. The summed E-state index contributed by atoms with van der Waals surface area (Å²) in [4.78, 5) is 13.6. The van der Waals surface area contributed by atoms with E-state index in [4.69, 9.17) is 22.2 Å². The number of hydrogen-bond donors (Lipinski definition) is 3. The predicted molar refractivity (Wildman–Crippen MR) is 65.5 cm³/mol. The van der Waals surface area contributed by atoms with Gasteiger partial charge in [0.05, 0.1) is 5.02 Å². The van der Waals surface area contributed by atoms with Crippen molar-refractivity contribution in [2.45, 2.75) is 6.04 Å². The number of carbonyl (C=O) groups is 1. The summed E-state index contributed by atoms with van der Waals surface area (Å²) in [5.41, 5.74) is 8.50. The summed E-state index contributed by atoms with van der Waals surface area (Å²) in [6, 6.07) is 3.18. The smallest absolute Gasteiger partial charge is 0.325 e. The van der Waals surface area contributed by atoms with E-state index in [1.165, 1.54) is 18.2 Å². The first-order valence-corrected chi connectivity index (χ1v) is 5.39. The molecule has 0 bridgehead atoms. The molecule has 3 N–H and O–H groups in total. The molecule has 7 nitrogen and oxygen atoms in total. The third kappa shape index (κ3) is 3.81. The minimum absolute atomic E-state index is 0.0793. The van der Waals surface area contributed by atoms with Crippen LogP contribution in [-0.4, -0.2) is 29.3 Å². The molecule has 18 heavy (non-hydrogen) atoms. The van der Waals surface area contributed by atoms with Crippen LogP contribution in [0.3, 0.4) is 0 Å². The number of halogens is 1. The zero-order valence-electron chi connectivity index (χ0n) is 9.25. The second kappa shape index (κ2) is 6.70. The zero-order chi connectivity index (χ0) is 13.5. The summed E-state index contributed by atoms with van der Waals surface area (Å²) in [6.07, 6.45) is 0. The Balaban J connectivity index is 2.80. The van der Waals surface area contributed by atoms with Gasteiger partial charge in [-0.3, -0.25) is 4.79 Å². The van der Waals surface area contributed by atoms with Crippen LogP contribution >= 0.6 is 11.6 Å². The molecule has 0 amide bonds. The van der Waals surface area contributed by atoms with Crippen molar-refractivity contribution in [3.05, 3.63) is 39.2 Å². The van der Waals surface area contributed by atoms with Crippen molar-refractivity contribution >= 4 is 17.6 Å². The van der Waals surface area contributed by atoms with E-state index < -0.39 is 12.0 Å². The number of azide groups is 1. The summed E-state index contributed by atoms with van der Waals surface area (Å²) in [7, 11) is 0. The van der Waals surface area contributed by atoms with Crippen molar-refractivity contribution in [2.75, 3.05) is 13.1 Å². The Morgan fingerprint density at radius 1 is 1.61 bits per heavy atom. The van der Waals surface area contributed by atoms with Crippen LogP contribution in [0.4, 0.5) is 0 Å². The van der Waals surface area contributed by atoms with Gasteiger partial charge in [0.15, 0.2) is 0 Å². The van der Waals surface area contributed by atoms with Gasteiger partial charge in [-0.05, 0) is 23.2 Å². The number of phenols is 1. The molecule has 0 saturated carbocycles. The number of nitrogens with one attached hydrogen (secondary N) is 1. The molecule has 1 rings (SSSR count). The van der Waals surface area contributed by atoms with Gasteiger partial charge in [-0.25, -0.2) is 0 Å². The maximum absolute atomic E-state index is 11.1. The van der Waals surface area contributed by atoms with Crippen molar-refractivity contribution in [3.8, 4) is 5.75 Å². The van der Waals surface area contributed by atoms with Gasteiger partial charge in [-0.15, -0.1) is 0 Å². The Morgan fingerprint density at radius 2 is 2.33 bits per heavy atom. The van der Waals surface area contributed by atoms with Crippen molar-refractivity contribution in [2.24, 2.45) is 5.11 Å². The van der Waals surface area contributed by atoms with E-state index in [1.807, 2.05) is 0 Å². The van der Waals surface area contributed by atoms with Gasteiger partial charge in [-0.1, -0.05) is 22.8 Å². The maximum atomic E-state index is 11.1. The third-order valence-electron chi connectivity index (χ3n) is 2.18. The van der Waals surface area contributed by atoms with E-state index >= 15 is 0 Å². The number of hydrogen-bond acceptors (Lipinski definition) is 4. The SMILES string of the molecule is [N-]=[N+]=NCCNC(C(=O)O)c1ccc(O)c(Cl)c1. The fraction of sp³-hybridized carbons (Fsp3) is 0.300. The number of phenolic OH excluding ortho intramolecular Hbond substituents is 1. The standard InChI is InChI=1S/C10H11ClN4O3/c11-7-5-6(1-2-8(7)16)9(10(17)18)13-3-4-14-15-12/h1-2,5,9,13,16H,3-4H2,(H,17,18). The Bertz CT molecular complexity index is 488. The third-order valence-corrected chi connectivity index (χ3v) is 2.48. The lowest BCUT2D eigenvalue weighted by Crippen LogP contribution is -2.30. The predicted octanol–water partition coefficient (Wildman–Crippen LogP) is 2.07. The van der Waals surface area contributed by atoms with Crippen molar-refractivity contribution < 1.29 is 15.0 Å². The minimum Gasteiger partial charge on any atom is -0.506 e. The molecular formula is C10H11ClN4O3. The van der Waals surface area contributed by atoms with E-state index in [0.717, 1.165) is 0 Å². The molecule has 1 atom stereocenters. The van der Waals surface area contributed by atoms with Crippen LogP contribution in [0.2, 0.25) is 5.02 Å². The average Bonchev–Trinajstić information content (AvgIpc) is 2.32. The molecule has 1 aromatic rings.